The number of aryl methyl sites for hydroxylation is 1. The summed E-state index contributed by atoms with van der Waals surface area (Å²) in [6, 6.07) is 13.9. The quantitative estimate of drug-likeness (QED) is 0.657. The van der Waals surface area contributed by atoms with Crippen LogP contribution in [-0.4, -0.2) is 12.4 Å². The van der Waals surface area contributed by atoms with Crippen LogP contribution < -0.4 is 10.6 Å². The standard InChI is InChI=1S/C16H18ClN3/c1-3-20(12-6-4-11(2)5-7-12)13-8-9-14(16(18)19)15(17)10-13/h4-10H,3H2,1-2H3,(H3,18,19). The molecule has 0 saturated carbocycles. The lowest BCUT2D eigenvalue weighted by molar-refractivity contribution is 1.02. The van der Waals surface area contributed by atoms with E-state index in [1.807, 2.05) is 12.1 Å². The first kappa shape index (κ1) is 14.4. The highest BCUT2D eigenvalue weighted by atomic mass is 35.5. The first-order chi connectivity index (χ1) is 9.52. The molecule has 0 aliphatic rings. The first-order valence-corrected chi connectivity index (χ1v) is 6.89. The van der Waals surface area contributed by atoms with Gasteiger partial charge in [-0.25, -0.2) is 0 Å². The molecule has 3 nitrogen and oxygen atoms in total. The zero-order chi connectivity index (χ0) is 14.7. The third-order valence-electron chi connectivity index (χ3n) is 3.22. The molecule has 0 spiro atoms. The second kappa shape index (κ2) is 5.97. The zero-order valence-electron chi connectivity index (χ0n) is 11.7. The van der Waals surface area contributed by atoms with Crippen molar-refractivity contribution in [2.45, 2.75) is 13.8 Å². The van der Waals surface area contributed by atoms with Gasteiger partial charge in [0.1, 0.15) is 5.84 Å². The summed E-state index contributed by atoms with van der Waals surface area (Å²) in [7, 11) is 0. The summed E-state index contributed by atoms with van der Waals surface area (Å²) in [5, 5.41) is 7.97. The van der Waals surface area contributed by atoms with E-state index in [-0.39, 0.29) is 5.84 Å². The van der Waals surface area contributed by atoms with Crippen molar-refractivity contribution < 1.29 is 0 Å². The van der Waals surface area contributed by atoms with E-state index >= 15 is 0 Å². The predicted molar refractivity (Wildman–Crippen MR) is 86.3 cm³/mol. The van der Waals surface area contributed by atoms with Crippen molar-refractivity contribution in [2.24, 2.45) is 5.73 Å². The summed E-state index contributed by atoms with van der Waals surface area (Å²) in [6.07, 6.45) is 0. The van der Waals surface area contributed by atoms with Gasteiger partial charge in [0.05, 0.1) is 5.02 Å². The Morgan fingerprint density at radius 2 is 1.75 bits per heavy atom. The summed E-state index contributed by atoms with van der Waals surface area (Å²) in [4.78, 5) is 2.16. The summed E-state index contributed by atoms with van der Waals surface area (Å²) in [6.45, 7) is 4.99. The van der Waals surface area contributed by atoms with Gasteiger partial charge >= 0.3 is 0 Å². The zero-order valence-corrected chi connectivity index (χ0v) is 12.4. The minimum atomic E-state index is -0.0139. The Labute approximate surface area is 124 Å². The van der Waals surface area contributed by atoms with Gasteiger partial charge in [-0.1, -0.05) is 29.3 Å². The van der Waals surface area contributed by atoms with Crippen molar-refractivity contribution in [2.75, 3.05) is 11.4 Å². The molecule has 0 heterocycles. The molecule has 0 saturated heterocycles. The smallest absolute Gasteiger partial charge is 0.124 e. The molecule has 2 rings (SSSR count). The van der Waals surface area contributed by atoms with E-state index < -0.39 is 0 Å². The molecule has 0 radical (unpaired) electrons. The molecule has 2 aromatic rings. The van der Waals surface area contributed by atoms with Crippen LogP contribution in [0.3, 0.4) is 0 Å². The number of hydrogen-bond acceptors (Lipinski definition) is 2. The van der Waals surface area contributed by atoms with Crippen molar-refractivity contribution in [3.8, 4) is 0 Å². The molecule has 3 N–H and O–H groups in total. The normalized spacial score (nSPS) is 10.3. The molecule has 0 bridgehead atoms. The van der Waals surface area contributed by atoms with Crippen LogP contribution in [0.5, 0.6) is 0 Å². The van der Waals surface area contributed by atoms with Crippen LogP contribution in [0.4, 0.5) is 11.4 Å². The number of benzene rings is 2. The topological polar surface area (TPSA) is 53.1 Å². The first-order valence-electron chi connectivity index (χ1n) is 6.51. The molecular formula is C16H18ClN3. The largest absolute Gasteiger partial charge is 0.384 e. The number of amidine groups is 1. The lowest BCUT2D eigenvalue weighted by Gasteiger charge is -2.24. The van der Waals surface area contributed by atoms with Gasteiger partial charge in [-0.15, -0.1) is 0 Å². The highest BCUT2D eigenvalue weighted by molar-refractivity contribution is 6.34. The molecule has 0 aliphatic heterocycles. The van der Waals surface area contributed by atoms with Crippen LogP contribution in [0.25, 0.3) is 0 Å². The van der Waals surface area contributed by atoms with E-state index in [0.29, 0.717) is 10.6 Å². The van der Waals surface area contributed by atoms with Gasteiger partial charge in [-0.05, 0) is 44.2 Å². The molecule has 4 heteroatoms. The monoisotopic (exact) mass is 287 g/mol. The molecule has 2 aromatic carbocycles. The molecule has 0 aromatic heterocycles. The number of halogens is 1. The third kappa shape index (κ3) is 2.94. The van der Waals surface area contributed by atoms with Gasteiger partial charge in [0.2, 0.25) is 0 Å². The van der Waals surface area contributed by atoms with Crippen LogP contribution in [0.2, 0.25) is 5.02 Å². The van der Waals surface area contributed by atoms with Gasteiger partial charge in [0, 0.05) is 23.5 Å². The maximum absolute atomic E-state index is 7.47. The fourth-order valence-electron chi connectivity index (χ4n) is 2.13. The molecular weight excluding hydrogens is 270 g/mol. The highest BCUT2D eigenvalue weighted by Crippen LogP contribution is 2.29. The minimum absolute atomic E-state index is 0.0139. The Bertz CT molecular complexity index is 620. The Morgan fingerprint density at radius 3 is 2.25 bits per heavy atom. The van der Waals surface area contributed by atoms with E-state index in [0.717, 1.165) is 17.9 Å². The van der Waals surface area contributed by atoms with Crippen LogP contribution >= 0.6 is 11.6 Å². The predicted octanol–water partition coefficient (Wildman–Crippen LogP) is 4.09. The van der Waals surface area contributed by atoms with Crippen LogP contribution in [-0.2, 0) is 0 Å². The van der Waals surface area contributed by atoms with E-state index in [9.17, 15) is 0 Å². The molecule has 20 heavy (non-hydrogen) atoms. The Balaban J connectivity index is 2.39. The number of rotatable bonds is 4. The SMILES string of the molecule is CCN(c1ccc(C)cc1)c1ccc(C(=N)N)c(Cl)c1. The number of nitrogens with two attached hydrogens (primary N) is 1. The second-order valence-corrected chi connectivity index (χ2v) is 5.06. The maximum atomic E-state index is 7.47. The van der Waals surface area contributed by atoms with Crippen LogP contribution in [0.15, 0.2) is 42.5 Å². The van der Waals surface area contributed by atoms with Gasteiger partial charge in [-0.2, -0.15) is 0 Å². The Morgan fingerprint density at radius 1 is 1.15 bits per heavy atom. The summed E-state index contributed by atoms with van der Waals surface area (Å²) in [5.74, 6) is -0.0139. The molecule has 0 aliphatic carbocycles. The van der Waals surface area contributed by atoms with E-state index in [4.69, 9.17) is 22.7 Å². The maximum Gasteiger partial charge on any atom is 0.124 e. The third-order valence-corrected chi connectivity index (χ3v) is 3.53. The average molecular weight is 288 g/mol. The number of nitrogens with one attached hydrogen (secondary N) is 1. The number of anilines is 2. The van der Waals surface area contributed by atoms with Crippen LogP contribution in [0.1, 0.15) is 18.1 Å². The Kier molecular flexibility index (Phi) is 4.30. The molecule has 0 unspecified atom stereocenters. The van der Waals surface area contributed by atoms with Crippen molar-refractivity contribution >= 4 is 28.8 Å². The highest BCUT2D eigenvalue weighted by Gasteiger charge is 2.10. The van der Waals surface area contributed by atoms with Gasteiger partial charge in [-0.3, -0.25) is 5.41 Å². The lowest BCUT2D eigenvalue weighted by Crippen LogP contribution is -2.17. The van der Waals surface area contributed by atoms with Crippen molar-refractivity contribution in [3.05, 3.63) is 58.6 Å². The van der Waals surface area contributed by atoms with Gasteiger partial charge in [0.15, 0.2) is 0 Å². The lowest BCUT2D eigenvalue weighted by atomic mass is 10.1. The minimum Gasteiger partial charge on any atom is -0.384 e. The number of nitrogen functional groups attached to an aromatic ring is 1. The van der Waals surface area contributed by atoms with E-state index in [2.05, 4.69) is 43.0 Å². The van der Waals surface area contributed by atoms with Crippen molar-refractivity contribution in [3.63, 3.8) is 0 Å². The average Bonchev–Trinajstić information content (AvgIpc) is 2.41. The van der Waals surface area contributed by atoms with Crippen molar-refractivity contribution in [1.29, 1.82) is 5.41 Å². The van der Waals surface area contributed by atoms with Crippen molar-refractivity contribution in [1.82, 2.24) is 0 Å². The Hall–Kier alpha value is -2.00. The van der Waals surface area contributed by atoms with E-state index in [1.165, 1.54) is 5.56 Å². The fourth-order valence-corrected chi connectivity index (χ4v) is 2.41. The molecule has 0 atom stereocenters. The summed E-state index contributed by atoms with van der Waals surface area (Å²) >= 11 is 6.19. The summed E-state index contributed by atoms with van der Waals surface area (Å²) in [5.41, 5.74) is 9.39. The number of hydrogen-bond donors (Lipinski definition) is 2. The van der Waals surface area contributed by atoms with E-state index in [1.54, 1.807) is 6.07 Å². The number of nitrogens with zero attached hydrogens (tertiary/aromatic N) is 1. The van der Waals surface area contributed by atoms with Gasteiger partial charge in [0.25, 0.3) is 0 Å². The second-order valence-electron chi connectivity index (χ2n) is 4.66. The van der Waals surface area contributed by atoms with Crippen LogP contribution in [0, 0.1) is 12.3 Å². The molecule has 104 valence electrons. The molecule has 0 fully saturated rings. The van der Waals surface area contributed by atoms with Gasteiger partial charge < -0.3 is 10.6 Å². The fraction of sp³-hybridized carbons (Fsp3) is 0.188. The summed E-state index contributed by atoms with van der Waals surface area (Å²) < 4.78 is 0. The molecule has 0 amide bonds.